The van der Waals surface area contributed by atoms with Gasteiger partial charge in [-0.25, -0.2) is 9.11 Å². The number of ether oxygens (including phenoxy) is 1. The van der Waals surface area contributed by atoms with Crippen LogP contribution in [0.5, 0.6) is 0 Å². The van der Waals surface area contributed by atoms with Crippen molar-refractivity contribution in [1.29, 1.82) is 0 Å². The molecule has 0 spiro atoms. The minimum atomic E-state index is -6.14. The Morgan fingerprint density at radius 3 is 2.34 bits per heavy atom. The zero-order valence-electron chi connectivity index (χ0n) is 13.8. The van der Waals surface area contributed by atoms with E-state index < -0.39 is 65.8 Å². The van der Waals surface area contributed by atoms with Gasteiger partial charge in [0.1, 0.15) is 12.2 Å². The van der Waals surface area contributed by atoms with Gasteiger partial charge in [-0.1, -0.05) is 0 Å². The SMILES string of the molecule is NC1C(O)C(COP(=O)([O-])OP(=O)([O-])OP(=O)([O-])[O-])OC1n1ccc(=O)[nH]c1=O. The molecule has 1 fully saturated rings. The quantitative estimate of drug-likeness (QED) is 0.294. The van der Waals surface area contributed by atoms with E-state index in [4.69, 9.17) is 10.5 Å². The Bertz CT molecular complexity index is 1000. The molecular weight excluding hydrogens is 467 g/mol. The van der Waals surface area contributed by atoms with Crippen LogP contribution in [0, 0.1) is 0 Å². The number of aliphatic hydroxyl groups excluding tert-OH is 1. The lowest BCUT2D eigenvalue weighted by Crippen LogP contribution is -2.43. The maximum Gasteiger partial charge on any atom is 0.330 e. The first-order chi connectivity index (χ1) is 13.1. The van der Waals surface area contributed by atoms with E-state index in [1.54, 1.807) is 0 Å². The highest BCUT2D eigenvalue weighted by atomic mass is 31.3. The van der Waals surface area contributed by atoms with Gasteiger partial charge in [0, 0.05) is 12.3 Å². The van der Waals surface area contributed by atoms with Crippen molar-refractivity contribution < 1.29 is 56.3 Å². The fraction of sp³-hybridized carbons (Fsp3) is 0.556. The average Bonchev–Trinajstić information content (AvgIpc) is 2.78. The maximum absolute atomic E-state index is 11.8. The molecule has 1 aromatic heterocycles. The van der Waals surface area contributed by atoms with Gasteiger partial charge in [-0.15, -0.1) is 0 Å². The zero-order chi connectivity index (χ0) is 22.2. The van der Waals surface area contributed by atoms with Crippen LogP contribution >= 0.6 is 23.5 Å². The third-order valence-corrected chi connectivity index (χ3v) is 7.01. The molecule has 1 saturated heterocycles. The summed E-state index contributed by atoms with van der Waals surface area (Å²) in [5, 5.41) is 10.0. The zero-order valence-corrected chi connectivity index (χ0v) is 16.5. The Morgan fingerprint density at radius 1 is 1.17 bits per heavy atom. The Labute approximate surface area is 160 Å². The van der Waals surface area contributed by atoms with Gasteiger partial charge in [-0.3, -0.25) is 27.8 Å². The summed E-state index contributed by atoms with van der Waals surface area (Å²) in [5.41, 5.74) is 4.01. The molecule has 166 valence electrons. The molecule has 1 aliphatic heterocycles. The molecule has 2 heterocycles. The third kappa shape index (κ3) is 6.73. The van der Waals surface area contributed by atoms with Gasteiger partial charge in [-0.2, -0.15) is 0 Å². The first kappa shape index (κ1) is 24.2. The van der Waals surface area contributed by atoms with Gasteiger partial charge in [0.15, 0.2) is 6.23 Å². The van der Waals surface area contributed by atoms with Crippen molar-refractivity contribution in [3.05, 3.63) is 33.1 Å². The number of aromatic nitrogens is 2. The Kier molecular flexibility index (Phi) is 7.20. The number of rotatable bonds is 8. The molecule has 4 N–H and O–H groups in total. The van der Waals surface area contributed by atoms with E-state index in [-0.39, 0.29) is 0 Å². The summed E-state index contributed by atoms with van der Waals surface area (Å²) in [6.07, 6.45) is -3.52. The van der Waals surface area contributed by atoms with E-state index in [1.165, 1.54) is 0 Å². The smallest absolute Gasteiger partial charge is 0.330 e. The molecule has 1 aliphatic rings. The summed E-state index contributed by atoms with van der Waals surface area (Å²) in [5.74, 6) is 0. The van der Waals surface area contributed by atoms with Crippen molar-refractivity contribution in [1.82, 2.24) is 9.55 Å². The highest BCUT2D eigenvalue weighted by molar-refractivity contribution is 7.64. The van der Waals surface area contributed by atoms with Gasteiger partial charge in [-0.05, 0) is 0 Å². The van der Waals surface area contributed by atoms with Gasteiger partial charge in [0.25, 0.3) is 21.2 Å². The second-order valence-corrected chi connectivity index (χ2v) is 9.70. The normalized spacial score (nSPS) is 29.3. The Balaban J connectivity index is 2.06. The molecule has 2 rings (SSSR count). The van der Waals surface area contributed by atoms with Crippen LogP contribution in [0.1, 0.15) is 6.23 Å². The van der Waals surface area contributed by atoms with Crippen molar-refractivity contribution in [3.8, 4) is 0 Å². The molecule has 1 aromatic rings. The summed E-state index contributed by atoms with van der Waals surface area (Å²) < 4.78 is 49.3. The van der Waals surface area contributed by atoms with Crippen molar-refractivity contribution in [2.24, 2.45) is 5.73 Å². The number of nitrogens with two attached hydrogens (primary N) is 1. The van der Waals surface area contributed by atoms with Crippen molar-refractivity contribution in [2.75, 3.05) is 6.61 Å². The minimum absolute atomic E-state index is 0.729. The number of phosphoric ester groups is 1. The highest BCUT2D eigenvalue weighted by Crippen LogP contribution is 2.60. The van der Waals surface area contributed by atoms with Gasteiger partial charge in [0.05, 0.1) is 20.5 Å². The molecule has 6 unspecified atom stereocenters. The topological polar surface area (TPSA) is 281 Å². The number of nitrogens with zero attached hydrogens (tertiary/aromatic N) is 1. The molecule has 20 heteroatoms. The number of hydrogen-bond acceptors (Lipinski definition) is 15. The largest absolute Gasteiger partial charge is 0.790 e. The summed E-state index contributed by atoms with van der Waals surface area (Å²) >= 11 is 0. The number of nitrogens with one attached hydrogen (secondary N) is 1. The molecule has 0 aliphatic carbocycles. The first-order valence-electron chi connectivity index (χ1n) is 7.22. The highest BCUT2D eigenvalue weighted by Gasteiger charge is 2.43. The summed E-state index contributed by atoms with van der Waals surface area (Å²) in [7, 11) is -18.1. The predicted octanol–water partition coefficient (Wildman–Crippen LogP) is -5.06. The Hall–Kier alpha value is -1.03. The lowest BCUT2D eigenvalue weighted by atomic mass is 10.1. The number of aromatic amines is 1. The number of aliphatic hydroxyl groups is 1. The number of phosphoric acid groups is 3. The van der Waals surface area contributed by atoms with E-state index in [0.717, 1.165) is 16.8 Å². The molecule has 0 bridgehead atoms. The fourth-order valence-electron chi connectivity index (χ4n) is 2.23. The van der Waals surface area contributed by atoms with Gasteiger partial charge < -0.3 is 44.2 Å². The molecule has 0 saturated carbocycles. The molecule has 0 radical (unpaired) electrons. The van der Waals surface area contributed by atoms with Gasteiger partial charge in [0.2, 0.25) is 0 Å². The third-order valence-electron chi connectivity index (χ3n) is 3.34. The van der Waals surface area contributed by atoms with Crippen molar-refractivity contribution in [3.63, 3.8) is 0 Å². The standard InChI is InChI=1S/C9H16N3O14P3/c10-6-7(14)4(24-8(6)12-2-1-5(13)11-9(12)15)3-23-28(19,20)26-29(21,22)25-27(16,17)18/h1-2,4,6-8,14H,3,10H2,(H,19,20)(H,21,22)(H,11,13,15)(H2,16,17,18)/p-4. The second kappa shape index (κ2) is 8.61. The maximum atomic E-state index is 11.8. The first-order valence-corrected chi connectivity index (χ1v) is 11.6. The van der Waals surface area contributed by atoms with Crippen LogP contribution < -0.4 is 36.6 Å². The summed E-state index contributed by atoms with van der Waals surface area (Å²) in [6.45, 7) is -1.09. The second-order valence-electron chi connectivity index (χ2n) is 5.45. The monoisotopic (exact) mass is 479 g/mol. The van der Waals surface area contributed by atoms with Crippen molar-refractivity contribution in [2.45, 2.75) is 24.5 Å². The fourth-order valence-corrected chi connectivity index (χ4v) is 5.10. The van der Waals surface area contributed by atoms with Crippen LogP contribution in [0.25, 0.3) is 0 Å². The minimum Gasteiger partial charge on any atom is -0.790 e. The van der Waals surface area contributed by atoms with Gasteiger partial charge >= 0.3 is 5.69 Å². The predicted molar refractivity (Wildman–Crippen MR) is 80.2 cm³/mol. The molecule has 0 aromatic carbocycles. The van der Waals surface area contributed by atoms with Crippen LogP contribution in [0.15, 0.2) is 21.9 Å². The van der Waals surface area contributed by atoms with Crippen LogP contribution in [-0.4, -0.2) is 39.5 Å². The van der Waals surface area contributed by atoms with Crippen LogP contribution in [0.2, 0.25) is 0 Å². The van der Waals surface area contributed by atoms with E-state index in [2.05, 4.69) is 13.1 Å². The van der Waals surface area contributed by atoms with E-state index in [1.807, 2.05) is 4.98 Å². The molecule has 17 nitrogen and oxygen atoms in total. The number of hydrogen-bond donors (Lipinski definition) is 3. The number of H-pyrrole nitrogens is 1. The molecule has 29 heavy (non-hydrogen) atoms. The summed E-state index contributed by atoms with van der Waals surface area (Å²) in [6, 6.07) is -0.357. The summed E-state index contributed by atoms with van der Waals surface area (Å²) in [4.78, 5) is 67.8. The van der Waals surface area contributed by atoms with Crippen LogP contribution in [0.3, 0.4) is 0 Å². The van der Waals surface area contributed by atoms with Crippen LogP contribution in [0.4, 0.5) is 0 Å². The molecular formula is C9H12N3O14P3-4. The lowest BCUT2D eigenvalue weighted by Gasteiger charge is -2.37. The Morgan fingerprint density at radius 2 is 1.79 bits per heavy atom. The van der Waals surface area contributed by atoms with E-state index in [0.29, 0.717) is 0 Å². The van der Waals surface area contributed by atoms with E-state index in [9.17, 15) is 48.0 Å². The molecule has 0 amide bonds. The lowest BCUT2D eigenvalue weighted by molar-refractivity contribution is -0.339. The molecule has 6 atom stereocenters. The van der Waals surface area contributed by atoms with Crippen molar-refractivity contribution >= 4 is 23.5 Å². The average molecular weight is 479 g/mol. The van der Waals surface area contributed by atoms with Crippen LogP contribution in [-0.2, 0) is 31.6 Å². The van der Waals surface area contributed by atoms with E-state index >= 15 is 0 Å².